The molecule has 0 unspecified atom stereocenters. The number of carbonyl (C=O) groups is 2. The van der Waals surface area contributed by atoms with Gasteiger partial charge in [0.25, 0.3) is 0 Å². The van der Waals surface area contributed by atoms with E-state index in [1.165, 1.54) is 0 Å². The predicted octanol–water partition coefficient (Wildman–Crippen LogP) is 5.06. The predicted molar refractivity (Wildman–Crippen MR) is 141 cm³/mol. The lowest BCUT2D eigenvalue weighted by Gasteiger charge is -2.23. The molecule has 2 aromatic carbocycles. The van der Waals surface area contributed by atoms with Crippen molar-refractivity contribution in [2.24, 2.45) is 0 Å². The number of aryl methyl sites for hydroxylation is 2. The first-order chi connectivity index (χ1) is 17.2. The maximum Gasteiger partial charge on any atom is 0.303 e. The quantitative estimate of drug-likeness (QED) is 0.218. The van der Waals surface area contributed by atoms with Crippen molar-refractivity contribution in [2.45, 2.75) is 52.8 Å². The minimum atomic E-state index is -0.860. The molecule has 0 saturated heterocycles. The average Bonchev–Trinajstić information content (AvgIpc) is 3.19. The van der Waals surface area contributed by atoms with Crippen LogP contribution in [0.25, 0.3) is 11.3 Å². The fourth-order valence-corrected chi connectivity index (χ4v) is 4.05. The van der Waals surface area contributed by atoms with Crippen LogP contribution in [0.15, 0.2) is 53.0 Å². The molecule has 1 heterocycles. The Hall–Kier alpha value is -3.01. The molecule has 3 aromatic rings. The van der Waals surface area contributed by atoms with Crippen LogP contribution in [0.4, 0.5) is 0 Å². The van der Waals surface area contributed by atoms with Gasteiger partial charge in [-0.3, -0.25) is 14.3 Å². The third-order valence-corrected chi connectivity index (χ3v) is 5.99. The third-order valence-electron chi connectivity index (χ3n) is 5.46. The zero-order valence-corrected chi connectivity index (χ0v) is 22.4. The van der Waals surface area contributed by atoms with Crippen LogP contribution in [0.1, 0.15) is 37.1 Å². The van der Waals surface area contributed by atoms with E-state index in [1.807, 2.05) is 67.9 Å². The van der Waals surface area contributed by atoms with Gasteiger partial charge in [0, 0.05) is 28.7 Å². The van der Waals surface area contributed by atoms with E-state index >= 15 is 0 Å². The molecule has 0 amide bonds. The molecular weight excluding hydrogens is 526 g/mol. The summed E-state index contributed by atoms with van der Waals surface area (Å²) in [7, 11) is 0. The number of hydrogen-bond acceptors (Lipinski definition) is 6. The standard InChI is InChI=1S/C27H32BrN3O5/c1-19(2)36-30(12-14-32)18-23-17-25(10-6-21(23)7-11-27(33)34)35-15-13-31-20(3)16-26(29-31)22-4-8-24(28)9-5-22/h4-6,8-10,14,16-17,19H,7,11-13,15,18H2,1-3H3,(H,33,34). The Kier molecular flexibility index (Phi) is 10.2. The summed E-state index contributed by atoms with van der Waals surface area (Å²) in [6, 6.07) is 15.7. The van der Waals surface area contributed by atoms with Crippen molar-refractivity contribution in [3.8, 4) is 17.0 Å². The third kappa shape index (κ3) is 8.29. The minimum absolute atomic E-state index is 0.0190. The lowest BCUT2D eigenvalue weighted by atomic mass is 10.0. The highest BCUT2D eigenvalue weighted by Crippen LogP contribution is 2.23. The number of aliphatic carboxylic acids is 1. The van der Waals surface area contributed by atoms with Crippen molar-refractivity contribution in [3.63, 3.8) is 0 Å². The molecule has 1 aromatic heterocycles. The van der Waals surface area contributed by atoms with Gasteiger partial charge in [-0.2, -0.15) is 10.2 Å². The second-order valence-electron chi connectivity index (χ2n) is 8.72. The fraction of sp³-hybridized carbons (Fsp3) is 0.370. The normalized spacial score (nSPS) is 11.3. The topological polar surface area (TPSA) is 93.9 Å². The number of nitrogens with zero attached hydrogens (tertiary/aromatic N) is 3. The van der Waals surface area contributed by atoms with Gasteiger partial charge < -0.3 is 14.6 Å². The first-order valence-electron chi connectivity index (χ1n) is 11.9. The average molecular weight is 558 g/mol. The minimum Gasteiger partial charge on any atom is -0.492 e. The molecule has 0 atom stereocenters. The van der Waals surface area contributed by atoms with Crippen molar-refractivity contribution < 1.29 is 24.3 Å². The summed E-state index contributed by atoms with van der Waals surface area (Å²) in [5.74, 6) is -0.195. The number of carboxylic acid groups (broad SMARTS) is 1. The van der Waals surface area contributed by atoms with Crippen molar-refractivity contribution in [3.05, 3.63) is 69.8 Å². The van der Waals surface area contributed by atoms with Crippen LogP contribution < -0.4 is 4.74 Å². The van der Waals surface area contributed by atoms with Crippen LogP contribution in [-0.4, -0.2) is 51.5 Å². The highest BCUT2D eigenvalue weighted by atomic mass is 79.9. The Morgan fingerprint density at radius 1 is 1.17 bits per heavy atom. The number of carbonyl (C=O) groups excluding carboxylic acids is 1. The summed E-state index contributed by atoms with van der Waals surface area (Å²) in [6.07, 6.45) is 1.10. The molecule has 0 spiro atoms. The Morgan fingerprint density at radius 3 is 2.58 bits per heavy atom. The Morgan fingerprint density at radius 2 is 1.92 bits per heavy atom. The Bertz CT molecular complexity index is 1160. The first kappa shape index (κ1) is 27.6. The van der Waals surface area contributed by atoms with E-state index in [0.29, 0.717) is 31.9 Å². The smallest absolute Gasteiger partial charge is 0.303 e. The summed E-state index contributed by atoms with van der Waals surface area (Å²) in [5.41, 5.74) is 4.74. The summed E-state index contributed by atoms with van der Waals surface area (Å²) in [6.45, 7) is 7.24. The van der Waals surface area contributed by atoms with Gasteiger partial charge in [0.1, 0.15) is 18.6 Å². The summed E-state index contributed by atoms with van der Waals surface area (Å²) in [4.78, 5) is 28.0. The van der Waals surface area contributed by atoms with Crippen molar-refractivity contribution >= 4 is 28.2 Å². The van der Waals surface area contributed by atoms with Gasteiger partial charge in [0.15, 0.2) is 0 Å². The van der Waals surface area contributed by atoms with E-state index < -0.39 is 5.97 Å². The fourth-order valence-electron chi connectivity index (χ4n) is 3.79. The van der Waals surface area contributed by atoms with Crippen LogP contribution in [0, 0.1) is 6.92 Å². The Labute approximate surface area is 219 Å². The second kappa shape index (κ2) is 13.3. The molecule has 0 saturated carbocycles. The monoisotopic (exact) mass is 557 g/mol. The van der Waals surface area contributed by atoms with Crippen molar-refractivity contribution in [1.82, 2.24) is 14.8 Å². The summed E-state index contributed by atoms with van der Waals surface area (Å²) >= 11 is 3.46. The van der Waals surface area contributed by atoms with E-state index in [9.17, 15) is 9.59 Å². The first-order valence-corrected chi connectivity index (χ1v) is 12.7. The molecule has 1 N–H and O–H groups in total. The molecule has 0 radical (unpaired) electrons. The molecule has 0 aliphatic carbocycles. The van der Waals surface area contributed by atoms with Gasteiger partial charge in [-0.25, -0.2) is 0 Å². The molecule has 192 valence electrons. The number of aldehydes is 1. The molecule has 8 nitrogen and oxygen atoms in total. The lowest BCUT2D eigenvalue weighted by molar-refractivity contribution is -0.192. The van der Waals surface area contributed by atoms with Gasteiger partial charge in [-0.05, 0) is 68.7 Å². The number of benzene rings is 2. The highest BCUT2D eigenvalue weighted by molar-refractivity contribution is 9.10. The van der Waals surface area contributed by atoms with Gasteiger partial charge in [-0.15, -0.1) is 0 Å². The molecule has 0 bridgehead atoms. The van der Waals surface area contributed by atoms with E-state index in [4.69, 9.17) is 19.8 Å². The number of ether oxygens (including phenoxy) is 1. The number of carboxylic acids is 1. The zero-order chi connectivity index (χ0) is 26.1. The highest BCUT2D eigenvalue weighted by Gasteiger charge is 2.14. The van der Waals surface area contributed by atoms with E-state index in [0.717, 1.165) is 38.8 Å². The van der Waals surface area contributed by atoms with E-state index in [1.54, 1.807) is 5.06 Å². The number of aromatic nitrogens is 2. The number of hydrogen-bond donors (Lipinski definition) is 1. The Balaban J connectivity index is 1.70. The van der Waals surface area contributed by atoms with Gasteiger partial charge >= 0.3 is 5.97 Å². The molecular formula is C27H32BrN3O5. The van der Waals surface area contributed by atoms with Gasteiger partial charge in [0.05, 0.1) is 24.9 Å². The van der Waals surface area contributed by atoms with Crippen LogP contribution >= 0.6 is 15.9 Å². The van der Waals surface area contributed by atoms with Gasteiger partial charge in [-0.1, -0.05) is 34.1 Å². The second-order valence-corrected chi connectivity index (χ2v) is 9.63. The van der Waals surface area contributed by atoms with Crippen LogP contribution in [0.2, 0.25) is 0 Å². The molecule has 36 heavy (non-hydrogen) atoms. The SMILES string of the molecule is Cc1cc(-c2ccc(Br)cc2)nn1CCOc1ccc(CCC(=O)O)c(CN(CC=O)OC(C)C)c1. The van der Waals surface area contributed by atoms with E-state index in [2.05, 4.69) is 22.0 Å². The molecule has 0 aliphatic heterocycles. The summed E-state index contributed by atoms with van der Waals surface area (Å²) < 4.78 is 8.97. The molecule has 3 rings (SSSR count). The van der Waals surface area contributed by atoms with Gasteiger partial charge in [0.2, 0.25) is 0 Å². The lowest BCUT2D eigenvalue weighted by Crippen LogP contribution is -2.29. The van der Waals surface area contributed by atoms with Crippen molar-refractivity contribution in [1.29, 1.82) is 0 Å². The van der Waals surface area contributed by atoms with Crippen LogP contribution in [0.3, 0.4) is 0 Å². The number of halogens is 1. The number of rotatable bonds is 14. The van der Waals surface area contributed by atoms with E-state index in [-0.39, 0.29) is 19.1 Å². The molecule has 0 aliphatic rings. The van der Waals surface area contributed by atoms with Crippen molar-refractivity contribution in [2.75, 3.05) is 13.2 Å². The molecule has 0 fully saturated rings. The largest absolute Gasteiger partial charge is 0.492 e. The maximum atomic E-state index is 11.1. The summed E-state index contributed by atoms with van der Waals surface area (Å²) in [5, 5.41) is 15.4. The molecule has 9 heteroatoms. The van der Waals surface area contributed by atoms with Crippen LogP contribution in [0.5, 0.6) is 5.75 Å². The number of hydroxylamine groups is 2. The van der Waals surface area contributed by atoms with Crippen LogP contribution in [-0.2, 0) is 33.9 Å². The maximum absolute atomic E-state index is 11.1. The zero-order valence-electron chi connectivity index (χ0n) is 20.8.